The largest absolute Gasteiger partial charge is 0.309 e. The molecule has 0 heterocycles. The van der Waals surface area contributed by atoms with Gasteiger partial charge in [0.15, 0.2) is 0 Å². The van der Waals surface area contributed by atoms with Gasteiger partial charge in [0.1, 0.15) is 0 Å². The van der Waals surface area contributed by atoms with Gasteiger partial charge in [0.2, 0.25) is 0 Å². The third-order valence-corrected chi connectivity index (χ3v) is 7.00. The van der Waals surface area contributed by atoms with E-state index < -0.39 is 0 Å². The summed E-state index contributed by atoms with van der Waals surface area (Å²) in [7, 11) is 0. The van der Waals surface area contributed by atoms with E-state index in [1.807, 2.05) is 6.07 Å². The maximum absolute atomic E-state index is 6.18. The van der Waals surface area contributed by atoms with Gasteiger partial charge in [-0.2, -0.15) is 0 Å². The number of hydrogen-bond donors (Lipinski definition) is 1. The number of fused-ring (bicyclic) bond motifs is 2. The molecule has 0 aliphatic heterocycles. The van der Waals surface area contributed by atoms with Crippen LogP contribution < -0.4 is 5.32 Å². The Kier molecular flexibility index (Phi) is 3.72. The Bertz CT molecular complexity index is 523. The first kappa shape index (κ1) is 14.9. The predicted octanol–water partition coefficient (Wildman–Crippen LogP) is 5.41. The van der Waals surface area contributed by atoms with Gasteiger partial charge in [-0.05, 0) is 69.6 Å². The minimum absolute atomic E-state index is 0.409. The highest BCUT2D eigenvalue weighted by atomic mass is 79.9. The molecule has 3 unspecified atom stereocenters. The molecule has 0 radical (unpaired) electrons. The molecule has 1 aromatic carbocycles. The first-order chi connectivity index (χ1) is 9.33. The summed E-state index contributed by atoms with van der Waals surface area (Å²) >= 11 is 9.63. The fourth-order valence-corrected chi connectivity index (χ4v) is 5.13. The Morgan fingerprint density at radius 1 is 1.35 bits per heavy atom. The van der Waals surface area contributed by atoms with E-state index in [-0.39, 0.29) is 0 Å². The number of nitrogens with one attached hydrogen (secondary N) is 1. The van der Waals surface area contributed by atoms with Gasteiger partial charge in [-0.3, -0.25) is 0 Å². The van der Waals surface area contributed by atoms with Gasteiger partial charge in [0, 0.05) is 17.1 Å². The van der Waals surface area contributed by atoms with Gasteiger partial charge in [-0.1, -0.05) is 38.4 Å². The fraction of sp³-hybridized carbons (Fsp3) is 0.647. The van der Waals surface area contributed by atoms with E-state index in [2.05, 4.69) is 54.2 Å². The standard InChI is InChI=1S/C17H23BrClN/c1-16(2)12-6-7-17(3,9-12)15(16)20-10-11-4-5-13(18)14(19)8-11/h4-5,8,12,15,20H,6-7,9-10H2,1-3H3. The van der Waals surface area contributed by atoms with E-state index in [0.717, 1.165) is 22.0 Å². The Labute approximate surface area is 135 Å². The molecule has 110 valence electrons. The van der Waals surface area contributed by atoms with Gasteiger partial charge in [-0.25, -0.2) is 0 Å². The average Bonchev–Trinajstić information content (AvgIpc) is 2.84. The summed E-state index contributed by atoms with van der Waals surface area (Å²) in [6, 6.07) is 6.84. The van der Waals surface area contributed by atoms with E-state index in [1.165, 1.54) is 24.8 Å². The van der Waals surface area contributed by atoms with Crippen LogP contribution in [0.1, 0.15) is 45.6 Å². The van der Waals surface area contributed by atoms with Gasteiger partial charge >= 0.3 is 0 Å². The highest BCUT2D eigenvalue weighted by molar-refractivity contribution is 9.10. The zero-order chi connectivity index (χ0) is 14.5. The smallest absolute Gasteiger partial charge is 0.0551 e. The Hall–Kier alpha value is -0.0500. The zero-order valence-electron chi connectivity index (χ0n) is 12.5. The molecule has 2 aliphatic rings. The SMILES string of the molecule is CC12CCC(C1)C(C)(C)C2NCc1ccc(Br)c(Cl)c1. The quantitative estimate of drug-likeness (QED) is 0.764. The molecule has 1 nitrogen and oxygen atoms in total. The molecule has 0 amide bonds. The van der Waals surface area contributed by atoms with Crippen LogP contribution in [-0.4, -0.2) is 6.04 Å². The van der Waals surface area contributed by atoms with Gasteiger partial charge in [0.25, 0.3) is 0 Å². The van der Waals surface area contributed by atoms with E-state index >= 15 is 0 Å². The molecule has 2 fully saturated rings. The molecule has 1 N–H and O–H groups in total. The Morgan fingerprint density at radius 3 is 2.70 bits per heavy atom. The van der Waals surface area contributed by atoms with Crippen LogP contribution >= 0.6 is 27.5 Å². The molecule has 3 heteroatoms. The van der Waals surface area contributed by atoms with E-state index in [4.69, 9.17) is 11.6 Å². The number of halogens is 2. The molecule has 2 saturated carbocycles. The molecule has 2 bridgehead atoms. The third-order valence-electron chi connectivity index (χ3n) is 5.76. The minimum atomic E-state index is 0.409. The van der Waals surface area contributed by atoms with E-state index in [1.54, 1.807) is 0 Å². The first-order valence-electron chi connectivity index (χ1n) is 7.50. The van der Waals surface area contributed by atoms with Crippen molar-refractivity contribution < 1.29 is 0 Å². The van der Waals surface area contributed by atoms with E-state index in [0.29, 0.717) is 16.9 Å². The predicted molar refractivity (Wildman–Crippen MR) is 89.0 cm³/mol. The Morgan fingerprint density at radius 2 is 2.10 bits per heavy atom. The summed E-state index contributed by atoms with van der Waals surface area (Å²) in [5, 5.41) is 4.63. The van der Waals surface area contributed by atoms with Crippen LogP contribution in [0, 0.1) is 16.7 Å². The van der Waals surface area contributed by atoms with Crippen molar-refractivity contribution in [2.24, 2.45) is 16.7 Å². The normalized spacial score (nSPS) is 34.6. The van der Waals surface area contributed by atoms with Crippen LogP contribution in [0.25, 0.3) is 0 Å². The summed E-state index contributed by atoms with van der Waals surface area (Å²) in [5.74, 6) is 0.888. The molecule has 3 atom stereocenters. The van der Waals surface area contributed by atoms with Crippen molar-refractivity contribution in [3.05, 3.63) is 33.3 Å². The van der Waals surface area contributed by atoms with Crippen LogP contribution in [0.3, 0.4) is 0 Å². The molecular weight excluding hydrogens is 334 g/mol. The van der Waals surface area contributed by atoms with Crippen molar-refractivity contribution in [1.82, 2.24) is 5.32 Å². The van der Waals surface area contributed by atoms with Gasteiger partial charge in [0.05, 0.1) is 5.02 Å². The second-order valence-corrected chi connectivity index (χ2v) is 8.74. The average molecular weight is 357 g/mol. The molecule has 20 heavy (non-hydrogen) atoms. The van der Waals surface area contributed by atoms with Gasteiger partial charge in [-0.15, -0.1) is 0 Å². The lowest BCUT2D eigenvalue weighted by Gasteiger charge is -2.43. The lowest BCUT2D eigenvalue weighted by atomic mass is 9.68. The number of benzene rings is 1. The second-order valence-electron chi connectivity index (χ2n) is 7.48. The highest BCUT2D eigenvalue weighted by Gasteiger charge is 2.58. The molecule has 3 rings (SSSR count). The van der Waals surface area contributed by atoms with Crippen LogP contribution in [0.15, 0.2) is 22.7 Å². The van der Waals surface area contributed by atoms with Crippen molar-refractivity contribution >= 4 is 27.5 Å². The van der Waals surface area contributed by atoms with Crippen LogP contribution in [0.4, 0.5) is 0 Å². The van der Waals surface area contributed by atoms with Gasteiger partial charge < -0.3 is 5.32 Å². The molecule has 0 saturated heterocycles. The summed E-state index contributed by atoms with van der Waals surface area (Å²) in [6.45, 7) is 8.25. The number of rotatable bonds is 3. The maximum atomic E-state index is 6.18. The van der Waals surface area contributed by atoms with Crippen LogP contribution in [-0.2, 0) is 6.54 Å². The van der Waals surface area contributed by atoms with E-state index in [9.17, 15) is 0 Å². The van der Waals surface area contributed by atoms with Crippen molar-refractivity contribution in [3.63, 3.8) is 0 Å². The van der Waals surface area contributed by atoms with Crippen molar-refractivity contribution in [2.75, 3.05) is 0 Å². The lowest BCUT2D eigenvalue weighted by Crippen LogP contribution is -2.49. The van der Waals surface area contributed by atoms with Crippen molar-refractivity contribution in [3.8, 4) is 0 Å². The molecule has 0 spiro atoms. The monoisotopic (exact) mass is 355 g/mol. The first-order valence-corrected chi connectivity index (χ1v) is 8.67. The van der Waals surface area contributed by atoms with Crippen LogP contribution in [0.2, 0.25) is 5.02 Å². The van der Waals surface area contributed by atoms with Crippen molar-refractivity contribution in [1.29, 1.82) is 0 Å². The molecule has 1 aromatic rings. The van der Waals surface area contributed by atoms with Crippen LogP contribution in [0.5, 0.6) is 0 Å². The summed E-state index contributed by atoms with van der Waals surface area (Å²) < 4.78 is 0.968. The number of hydrogen-bond acceptors (Lipinski definition) is 1. The summed E-state index contributed by atoms with van der Waals surface area (Å²) in [4.78, 5) is 0. The molecular formula is C17H23BrClN. The lowest BCUT2D eigenvalue weighted by molar-refractivity contribution is 0.108. The highest BCUT2D eigenvalue weighted by Crippen LogP contribution is 2.62. The third kappa shape index (κ3) is 2.34. The second kappa shape index (κ2) is 5.00. The maximum Gasteiger partial charge on any atom is 0.0551 e. The van der Waals surface area contributed by atoms with Crippen molar-refractivity contribution in [2.45, 2.75) is 52.6 Å². The molecule has 2 aliphatic carbocycles. The molecule has 0 aromatic heterocycles. The zero-order valence-corrected chi connectivity index (χ0v) is 14.8. The summed E-state index contributed by atoms with van der Waals surface area (Å²) in [6.07, 6.45) is 4.17. The minimum Gasteiger partial charge on any atom is -0.309 e. The fourth-order valence-electron chi connectivity index (χ4n) is 4.68. The Balaban J connectivity index is 1.73. The topological polar surface area (TPSA) is 12.0 Å². The summed E-state index contributed by atoms with van der Waals surface area (Å²) in [5.41, 5.74) is 2.15.